The largest absolute Gasteiger partial charge is 0.393 e. The first kappa shape index (κ1) is 11.4. The first-order valence-electron chi connectivity index (χ1n) is 4.29. The van der Waals surface area contributed by atoms with Crippen LogP contribution in [0.25, 0.3) is 0 Å². The third kappa shape index (κ3) is 3.18. The highest BCUT2D eigenvalue weighted by Gasteiger charge is 2.33. The standard InChI is InChI=1S/C9H12Br2O2/c10-9(11)5-6-1-2-8(13)7(6)3-4-12/h4-8,13H,1-3H2. The Kier molecular flexibility index (Phi) is 4.62. The van der Waals surface area contributed by atoms with Crippen LogP contribution in [-0.4, -0.2) is 17.5 Å². The maximum absolute atomic E-state index is 10.4. The van der Waals surface area contributed by atoms with Crippen molar-refractivity contribution in [3.8, 4) is 0 Å². The van der Waals surface area contributed by atoms with Crippen LogP contribution in [-0.2, 0) is 4.79 Å². The predicted molar refractivity (Wildman–Crippen MR) is 58.8 cm³/mol. The predicted octanol–water partition coefficient (Wildman–Crippen LogP) is 2.59. The zero-order valence-corrected chi connectivity index (χ0v) is 10.3. The maximum Gasteiger partial charge on any atom is 0.120 e. The number of halogens is 2. The summed E-state index contributed by atoms with van der Waals surface area (Å²) < 4.78 is 0.898. The maximum atomic E-state index is 10.4. The topological polar surface area (TPSA) is 37.3 Å². The molecule has 1 aliphatic carbocycles. The molecule has 0 aromatic heterocycles. The molecule has 1 saturated carbocycles. The molecule has 1 N–H and O–H groups in total. The molecule has 0 aliphatic heterocycles. The molecular formula is C9H12Br2O2. The Morgan fingerprint density at radius 3 is 2.69 bits per heavy atom. The lowest BCUT2D eigenvalue weighted by Crippen LogP contribution is -2.18. The molecule has 3 atom stereocenters. The summed E-state index contributed by atoms with van der Waals surface area (Å²) >= 11 is 6.58. The van der Waals surface area contributed by atoms with Crippen LogP contribution in [0.2, 0.25) is 0 Å². The SMILES string of the molecule is O=CCC1C(O)CCC1C=C(Br)Br. The number of carbonyl (C=O) groups is 1. The Morgan fingerprint density at radius 1 is 1.46 bits per heavy atom. The highest BCUT2D eigenvalue weighted by atomic mass is 79.9. The molecule has 0 aromatic rings. The Balaban J connectivity index is 2.63. The summed E-state index contributed by atoms with van der Waals surface area (Å²) in [6, 6.07) is 0. The van der Waals surface area contributed by atoms with Crippen molar-refractivity contribution in [2.24, 2.45) is 11.8 Å². The lowest BCUT2D eigenvalue weighted by Gasteiger charge is -2.16. The minimum Gasteiger partial charge on any atom is -0.393 e. The summed E-state index contributed by atoms with van der Waals surface area (Å²) in [5, 5.41) is 9.58. The van der Waals surface area contributed by atoms with Gasteiger partial charge in [0.05, 0.1) is 9.50 Å². The van der Waals surface area contributed by atoms with E-state index in [1.165, 1.54) is 0 Å². The molecule has 0 amide bonds. The van der Waals surface area contributed by atoms with Crippen molar-refractivity contribution >= 4 is 38.1 Å². The molecule has 3 unspecified atom stereocenters. The van der Waals surface area contributed by atoms with Crippen molar-refractivity contribution in [1.29, 1.82) is 0 Å². The van der Waals surface area contributed by atoms with Gasteiger partial charge in [0.15, 0.2) is 0 Å². The molecule has 1 rings (SSSR count). The van der Waals surface area contributed by atoms with Crippen LogP contribution in [0, 0.1) is 11.8 Å². The number of aliphatic hydroxyl groups is 1. The van der Waals surface area contributed by atoms with Crippen LogP contribution in [0.15, 0.2) is 9.47 Å². The van der Waals surface area contributed by atoms with Gasteiger partial charge in [-0.15, -0.1) is 0 Å². The molecule has 0 bridgehead atoms. The second-order valence-electron chi connectivity index (χ2n) is 3.33. The molecule has 4 heteroatoms. The number of hydrogen-bond donors (Lipinski definition) is 1. The number of rotatable bonds is 3. The molecule has 0 saturated heterocycles. The highest BCUT2D eigenvalue weighted by Crippen LogP contribution is 2.36. The molecule has 13 heavy (non-hydrogen) atoms. The molecule has 0 radical (unpaired) electrons. The van der Waals surface area contributed by atoms with Crippen LogP contribution >= 0.6 is 31.9 Å². The number of carbonyl (C=O) groups excluding carboxylic acids is 1. The summed E-state index contributed by atoms with van der Waals surface area (Å²) in [6.07, 6.45) is 4.81. The quantitative estimate of drug-likeness (QED) is 0.814. The summed E-state index contributed by atoms with van der Waals surface area (Å²) in [6.45, 7) is 0. The van der Waals surface area contributed by atoms with Crippen LogP contribution in [0.5, 0.6) is 0 Å². The minimum atomic E-state index is -0.314. The van der Waals surface area contributed by atoms with Gasteiger partial charge in [0, 0.05) is 6.42 Å². The number of aldehydes is 1. The van der Waals surface area contributed by atoms with Crippen LogP contribution in [0.4, 0.5) is 0 Å². The van der Waals surface area contributed by atoms with E-state index in [1.54, 1.807) is 0 Å². The van der Waals surface area contributed by atoms with Crippen LogP contribution in [0.3, 0.4) is 0 Å². The van der Waals surface area contributed by atoms with Gasteiger partial charge in [0.2, 0.25) is 0 Å². The van der Waals surface area contributed by atoms with Gasteiger partial charge >= 0.3 is 0 Å². The number of allylic oxidation sites excluding steroid dienone is 1. The van der Waals surface area contributed by atoms with Gasteiger partial charge in [0.1, 0.15) is 6.29 Å². The Bertz CT molecular complexity index is 212. The Morgan fingerprint density at radius 2 is 2.15 bits per heavy atom. The van der Waals surface area contributed by atoms with E-state index >= 15 is 0 Å². The smallest absolute Gasteiger partial charge is 0.120 e. The van der Waals surface area contributed by atoms with Crippen molar-refractivity contribution in [2.45, 2.75) is 25.4 Å². The fraction of sp³-hybridized carbons (Fsp3) is 0.667. The van der Waals surface area contributed by atoms with E-state index in [9.17, 15) is 9.90 Å². The summed E-state index contributed by atoms with van der Waals surface area (Å²) in [7, 11) is 0. The monoisotopic (exact) mass is 310 g/mol. The van der Waals surface area contributed by atoms with Gasteiger partial charge in [-0.1, -0.05) is 6.08 Å². The van der Waals surface area contributed by atoms with E-state index in [0.29, 0.717) is 12.3 Å². The molecule has 0 heterocycles. The second-order valence-corrected chi connectivity index (χ2v) is 6.10. The van der Waals surface area contributed by atoms with Crippen molar-refractivity contribution in [3.63, 3.8) is 0 Å². The zero-order chi connectivity index (χ0) is 9.84. The lowest BCUT2D eigenvalue weighted by molar-refractivity contribution is -0.109. The van der Waals surface area contributed by atoms with Crippen molar-refractivity contribution < 1.29 is 9.90 Å². The molecule has 1 fully saturated rings. The average molecular weight is 312 g/mol. The van der Waals surface area contributed by atoms with Gasteiger partial charge in [-0.25, -0.2) is 0 Å². The molecule has 1 aliphatic rings. The second kappa shape index (κ2) is 5.27. The van der Waals surface area contributed by atoms with Gasteiger partial charge in [-0.2, -0.15) is 0 Å². The normalized spacial score (nSPS) is 33.0. The fourth-order valence-electron chi connectivity index (χ4n) is 1.89. The highest BCUT2D eigenvalue weighted by molar-refractivity contribution is 9.28. The fourth-order valence-corrected chi connectivity index (χ4v) is 2.57. The molecule has 2 nitrogen and oxygen atoms in total. The van der Waals surface area contributed by atoms with Crippen molar-refractivity contribution in [1.82, 2.24) is 0 Å². The first-order chi connectivity index (χ1) is 6.15. The molecule has 74 valence electrons. The Hall–Kier alpha value is 0.330. The summed E-state index contributed by atoms with van der Waals surface area (Å²) in [4.78, 5) is 10.4. The molecular weight excluding hydrogens is 300 g/mol. The molecule has 0 spiro atoms. The van der Waals surface area contributed by atoms with E-state index in [-0.39, 0.29) is 12.0 Å². The number of aliphatic hydroxyl groups excluding tert-OH is 1. The van der Waals surface area contributed by atoms with Crippen LogP contribution < -0.4 is 0 Å². The first-order valence-corrected chi connectivity index (χ1v) is 5.88. The van der Waals surface area contributed by atoms with Gasteiger partial charge in [0.25, 0.3) is 0 Å². The van der Waals surface area contributed by atoms with E-state index in [2.05, 4.69) is 31.9 Å². The van der Waals surface area contributed by atoms with Gasteiger partial charge < -0.3 is 9.90 Å². The molecule has 0 aromatic carbocycles. The minimum absolute atomic E-state index is 0.0996. The van der Waals surface area contributed by atoms with E-state index < -0.39 is 0 Å². The number of hydrogen-bond acceptors (Lipinski definition) is 2. The van der Waals surface area contributed by atoms with E-state index in [1.807, 2.05) is 6.08 Å². The third-order valence-corrected chi connectivity index (χ3v) is 3.08. The van der Waals surface area contributed by atoms with Crippen molar-refractivity contribution in [3.05, 3.63) is 9.47 Å². The zero-order valence-electron chi connectivity index (χ0n) is 7.12. The van der Waals surface area contributed by atoms with Crippen LogP contribution in [0.1, 0.15) is 19.3 Å². The van der Waals surface area contributed by atoms with Gasteiger partial charge in [-0.3, -0.25) is 0 Å². The summed E-state index contributed by atoms with van der Waals surface area (Å²) in [5.41, 5.74) is 0. The van der Waals surface area contributed by atoms with Crippen molar-refractivity contribution in [2.75, 3.05) is 0 Å². The lowest BCUT2D eigenvalue weighted by atomic mass is 9.92. The summed E-state index contributed by atoms with van der Waals surface area (Å²) in [5.74, 6) is 0.413. The van der Waals surface area contributed by atoms with E-state index in [4.69, 9.17) is 0 Å². The Labute approximate surface area is 94.7 Å². The van der Waals surface area contributed by atoms with E-state index in [0.717, 1.165) is 22.5 Å². The average Bonchev–Trinajstić information content (AvgIpc) is 2.35. The third-order valence-electron chi connectivity index (χ3n) is 2.55. The van der Waals surface area contributed by atoms with Gasteiger partial charge in [-0.05, 0) is 56.5 Å².